The first-order chi connectivity index (χ1) is 14.1. The first-order valence-corrected chi connectivity index (χ1v) is 10.6. The lowest BCUT2D eigenvalue weighted by atomic mass is 9.97. The Morgan fingerprint density at radius 3 is 2.76 bits per heavy atom. The number of pyridine rings is 1. The normalized spacial score (nSPS) is 17.1. The number of ether oxygens (including phenoxy) is 1. The number of hydrogen-bond acceptors (Lipinski definition) is 4. The fraction of sp³-hybridized carbons (Fsp3) is 0.500. The Kier molecular flexibility index (Phi) is 8.05. The maximum atomic E-state index is 12.5. The molecule has 3 rings (SSSR count). The monoisotopic (exact) mass is 395 g/mol. The van der Waals surface area contributed by atoms with Crippen molar-refractivity contribution in [2.45, 2.75) is 32.1 Å². The number of likely N-dealkylation sites (tertiary alicyclic amines) is 1. The molecule has 1 aromatic heterocycles. The summed E-state index contributed by atoms with van der Waals surface area (Å²) in [6, 6.07) is 12.3. The molecule has 0 N–H and O–H groups in total. The van der Waals surface area contributed by atoms with E-state index in [9.17, 15) is 4.79 Å². The maximum absolute atomic E-state index is 12.5. The van der Waals surface area contributed by atoms with Gasteiger partial charge in [0, 0.05) is 45.5 Å². The molecule has 1 amide bonds. The molecule has 2 heterocycles. The molecule has 1 fully saturated rings. The lowest BCUT2D eigenvalue weighted by Crippen LogP contribution is -2.42. The summed E-state index contributed by atoms with van der Waals surface area (Å²) in [4.78, 5) is 21.1. The predicted octanol–water partition coefficient (Wildman–Crippen LogP) is 3.44. The lowest BCUT2D eigenvalue weighted by Gasteiger charge is -2.34. The van der Waals surface area contributed by atoms with Gasteiger partial charge < -0.3 is 14.5 Å². The zero-order valence-electron chi connectivity index (χ0n) is 17.7. The van der Waals surface area contributed by atoms with Crippen molar-refractivity contribution in [2.24, 2.45) is 5.92 Å². The minimum atomic E-state index is 0.226. The molecule has 1 aromatic carbocycles. The summed E-state index contributed by atoms with van der Waals surface area (Å²) in [5.74, 6) is 1.69. The van der Waals surface area contributed by atoms with Crippen molar-refractivity contribution in [1.82, 2.24) is 14.8 Å². The van der Waals surface area contributed by atoms with E-state index in [0.717, 1.165) is 50.3 Å². The quantitative estimate of drug-likeness (QED) is 0.653. The van der Waals surface area contributed by atoms with Gasteiger partial charge in [0.25, 0.3) is 0 Å². The molecule has 5 heteroatoms. The van der Waals surface area contributed by atoms with Crippen LogP contribution in [0.15, 0.2) is 48.8 Å². The Hall–Kier alpha value is -2.40. The number of carbonyl (C=O) groups excluding carboxylic acids is 1. The standard InChI is InChI=1S/C24H33N3O2/c1-26(24(28)12-9-21-5-3-14-25-17-21)18-22-6-4-15-27(19-22)16-13-20-7-10-23(29-2)11-8-20/h3,5,7-8,10-11,14,17,22H,4,6,9,12-13,15-16,18-19H2,1-2H3/t22-/m0/s1. The number of nitrogens with zero attached hydrogens (tertiary/aromatic N) is 3. The van der Waals surface area contributed by atoms with Crippen molar-refractivity contribution in [3.8, 4) is 5.75 Å². The molecule has 29 heavy (non-hydrogen) atoms. The molecule has 0 saturated carbocycles. The van der Waals surface area contributed by atoms with Crippen molar-refractivity contribution in [2.75, 3.05) is 40.3 Å². The minimum absolute atomic E-state index is 0.226. The molecule has 0 unspecified atom stereocenters. The van der Waals surface area contributed by atoms with E-state index in [1.165, 1.54) is 18.4 Å². The molecule has 0 bridgehead atoms. The second-order valence-electron chi connectivity index (χ2n) is 8.04. The van der Waals surface area contributed by atoms with E-state index in [4.69, 9.17) is 4.74 Å². The number of aromatic nitrogens is 1. The highest BCUT2D eigenvalue weighted by molar-refractivity contribution is 5.76. The molecule has 0 aliphatic carbocycles. The second-order valence-corrected chi connectivity index (χ2v) is 8.04. The van der Waals surface area contributed by atoms with E-state index in [2.05, 4.69) is 22.0 Å². The average Bonchev–Trinajstić information content (AvgIpc) is 2.77. The molecule has 1 saturated heterocycles. The largest absolute Gasteiger partial charge is 0.497 e. The maximum Gasteiger partial charge on any atom is 0.222 e. The van der Waals surface area contributed by atoms with Crippen LogP contribution in [0, 0.1) is 5.92 Å². The summed E-state index contributed by atoms with van der Waals surface area (Å²) in [6.07, 6.45) is 8.39. The molecule has 156 valence electrons. The third-order valence-electron chi connectivity index (χ3n) is 5.79. The van der Waals surface area contributed by atoms with Gasteiger partial charge in [-0.05, 0) is 67.5 Å². The number of methoxy groups -OCH3 is 1. The summed E-state index contributed by atoms with van der Waals surface area (Å²) in [6.45, 7) is 4.16. The highest BCUT2D eigenvalue weighted by Crippen LogP contribution is 2.19. The highest BCUT2D eigenvalue weighted by atomic mass is 16.5. The molecular formula is C24H33N3O2. The fourth-order valence-corrected chi connectivity index (χ4v) is 4.06. The van der Waals surface area contributed by atoms with Crippen LogP contribution in [0.3, 0.4) is 0 Å². The van der Waals surface area contributed by atoms with E-state index in [1.54, 1.807) is 13.3 Å². The second kappa shape index (κ2) is 11.0. The number of amides is 1. The van der Waals surface area contributed by atoms with Crippen LogP contribution >= 0.6 is 0 Å². The van der Waals surface area contributed by atoms with Crippen LogP contribution in [0.25, 0.3) is 0 Å². The van der Waals surface area contributed by atoms with E-state index in [1.807, 2.05) is 42.4 Å². The Bertz CT molecular complexity index is 748. The minimum Gasteiger partial charge on any atom is -0.497 e. The van der Waals surface area contributed by atoms with Gasteiger partial charge in [-0.2, -0.15) is 0 Å². The molecule has 0 radical (unpaired) electrons. The fourth-order valence-electron chi connectivity index (χ4n) is 4.06. The van der Waals surface area contributed by atoms with Gasteiger partial charge in [-0.3, -0.25) is 9.78 Å². The topological polar surface area (TPSA) is 45.7 Å². The van der Waals surface area contributed by atoms with Gasteiger partial charge in [-0.1, -0.05) is 18.2 Å². The van der Waals surface area contributed by atoms with Crippen molar-refractivity contribution in [1.29, 1.82) is 0 Å². The number of hydrogen-bond donors (Lipinski definition) is 0. The van der Waals surface area contributed by atoms with Crippen molar-refractivity contribution < 1.29 is 9.53 Å². The third-order valence-corrected chi connectivity index (χ3v) is 5.79. The van der Waals surface area contributed by atoms with Gasteiger partial charge in [0.05, 0.1) is 7.11 Å². The Morgan fingerprint density at radius 1 is 1.21 bits per heavy atom. The molecule has 5 nitrogen and oxygen atoms in total. The number of aryl methyl sites for hydroxylation is 1. The summed E-state index contributed by atoms with van der Waals surface area (Å²) in [5.41, 5.74) is 2.47. The first-order valence-electron chi connectivity index (χ1n) is 10.6. The van der Waals surface area contributed by atoms with Crippen molar-refractivity contribution in [3.63, 3.8) is 0 Å². The lowest BCUT2D eigenvalue weighted by molar-refractivity contribution is -0.130. The van der Waals surface area contributed by atoms with Crippen LogP contribution in [0.4, 0.5) is 0 Å². The van der Waals surface area contributed by atoms with Crippen molar-refractivity contribution in [3.05, 3.63) is 59.9 Å². The van der Waals surface area contributed by atoms with Crippen LogP contribution in [-0.4, -0.2) is 61.0 Å². The summed E-state index contributed by atoms with van der Waals surface area (Å²) >= 11 is 0. The molecule has 1 atom stereocenters. The van der Waals surface area contributed by atoms with Crippen LogP contribution in [0.2, 0.25) is 0 Å². The predicted molar refractivity (Wildman–Crippen MR) is 116 cm³/mol. The smallest absolute Gasteiger partial charge is 0.222 e. The molecule has 0 spiro atoms. The van der Waals surface area contributed by atoms with E-state index < -0.39 is 0 Å². The summed E-state index contributed by atoms with van der Waals surface area (Å²) < 4.78 is 5.23. The van der Waals surface area contributed by atoms with Crippen LogP contribution in [0.1, 0.15) is 30.4 Å². The number of benzene rings is 1. The summed E-state index contributed by atoms with van der Waals surface area (Å²) in [7, 11) is 3.64. The first kappa shape index (κ1) is 21.3. The zero-order valence-corrected chi connectivity index (χ0v) is 17.7. The highest BCUT2D eigenvalue weighted by Gasteiger charge is 2.22. The van der Waals surface area contributed by atoms with Crippen molar-refractivity contribution >= 4 is 5.91 Å². The Balaban J connectivity index is 1.40. The van der Waals surface area contributed by atoms with Crippen LogP contribution in [-0.2, 0) is 17.6 Å². The Morgan fingerprint density at radius 2 is 2.03 bits per heavy atom. The van der Waals surface area contributed by atoms with E-state index >= 15 is 0 Å². The number of piperidine rings is 1. The molecule has 1 aliphatic rings. The molecule has 2 aromatic rings. The SMILES string of the molecule is COc1ccc(CCN2CCC[C@@H](CN(C)C(=O)CCc3cccnc3)C2)cc1. The van der Waals surface area contributed by atoms with Gasteiger partial charge in [0.15, 0.2) is 0 Å². The molecular weight excluding hydrogens is 362 g/mol. The number of rotatable bonds is 9. The van der Waals surface area contributed by atoms with E-state index in [-0.39, 0.29) is 5.91 Å². The van der Waals surface area contributed by atoms with E-state index in [0.29, 0.717) is 12.3 Å². The van der Waals surface area contributed by atoms with Gasteiger partial charge in [-0.25, -0.2) is 0 Å². The van der Waals surface area contributed by atoms with Gasteiger partial charge in [0.2, 0.25) is 5.91 Å². The van der Waals surface area contributed by atoms with Crippen LogP contribution < -0.4 is 4.74 Å². The van der Waals surface area contributed by atoms with Gasteiger partial charge in [-0.15, -0.1) is 0 Å². The molecule has 1 aliphatic heterocycles. The van der Waals surface area contributed by atoms with Gasteiger partial charge >= 0.3 is 0 Å². The summed E-state index contributed by atoms with van der Waals surface area (Å²) in [5, 5.41) is 0. The van der Waals surface area contributed by atoms with Gasteiger partial charge in [0.1, 0.15) is 5.75 Å². The average molecular weight is 396 g/mol. The van der Waals surface area contributed by atoms with Crippen LogP contribution in [0.5, 0.6) is 5.75 Å². The Labute approximate surface area is 174 Å². The number of carbonyl (C=O) groups is 1. The third kappa shape index (κ3) is 6.86. The zero-order chi connectivity index (χ0) is 20.5.